The predicted molar refractivity (Wildman–Crippen MR) is 51.1 cm³/mol. The summed E-state index contributed by atoms with van der Waals surface area (Å²) < 4.78 is 9.75. The zero-order valence-corrected chi connectivity index (χ0v) is 9.13. The van der Waals surface area contributed by atoms with E-state index in [0.29, 0.717) is 11.1 Å². The van der Waals surface area contributed by atoms with Crippen LogP contribution in [0.2, 0.25) is 0 Å². The molecule has 0 saturated heterocycles. The highest BCUT2D eigenvalue weighted by atomic mass is 32.2. The summed E-state index contributed by atoms with van der Waals surface area (Å²) in [5, 5.41) is 8.01. The first-order chi connectivity index (χ1) is 6.63. The molecule has 0 radical (unpaired) electrons. The Morgan fingerprint density at radius 1 is 1.57 bits per heavy atom. The van der Waals surface area contributed by atoms with E-state index in [9.17, 15) is 4.79 Å². The van der Waals surface area contributed by atoms with Gasteiger partial charge in [0.1, 0.15) is 5.75 Å². The van der Waals surface area contributed by atoms with Crippen LogP contribution in [0.5, 0.6) is 0 Å². The molecular formula is C8H12N2O3S. The van der Waals surface area contributed by atoms with E-state index >= 15 is 0 Å². The standard InChI is InChI=1S/C8H12N2O3S/c1-5(2)7-9-10-8(13-7)14-4-6(11)12-3/h5H,4H2,1-3H3. The lowest BCUT2D eigenvalue weighted by atomic mass is 10.2. The van der Waals surface area contributed by atoms with E-state index in [0.717, 1.165) is 0 Å². The zero-order chi connectivity index (χ0) is 10.6. The molecule has 0 aromatic carbocycles. The number of carbonyl (C=O) groups excluding carboxylic acids is 1. The van der Waals surface area contributed by atoms with Crippen molar-refractivity contribution in [1.82, 2.24) is 10.2 Å². The number of esters is 1. The summed E-state index contributed by atoms with van der Waals surface area (Å²) in [6.07, 6.45) is 0. The summed E-state index contributed by atoms with van der Waals surface area (Å²) >= 11 is 1.18. The lowest BCUT2D eigenvalue weighted by Gasteiger charge is -1.95. The van der Waals surface area contributed by atoms with E-state index in [-0.39, 0.29) is 17.6 Å². The molecule has 0 atom stereocenters. The molecule has 0 aliphatic carbocycles. The van der Waals surface area contributed by atoms with Gasteiger partial charge in [0.05, 0.1) is 7.11 Å². The smallest absolute Gasteiger partial charge is 0.316 e. The van der Waals surface area contributed by atoms with Gasteiger partial charge in [0.2, 0.25) is 5.89 Å². The number of carbonyl (C=O) groups is 1. The molecule has 1 rings (SSSR count). The fourth-order valence-electron chi connectivity index (χ4n) is 0.692. The van der Waals surface area contributed by atoms with Crippen molar-refractivity contribution in [3.63, 3.8) is 0 Å². The first-order valence-electron chi connectivity index (χ1n) is 4.16. The molecule has 0 saturated carbocycles. The highest BCUT2D eigenvalue weighted by molar-refractivity contribution is 7.99. The Morgan fingerprint density at radius 3 is 2.79 bits per heavy atom. The fraction of sp³-hybridized carbons (Fsp3) is 0.625. The second-order valence-corrected chi connectivity index (χ2v) is 3.85. The predicted octanol–water partition coefficient (Wildman–Crippen LogP) is 1.46. The van der Waals surface area contributed by atoms with Gasteiger partial charge >= 0.3 is 5.97 Å². The molecule has 0 unspecified atom stereocenters. The average molecular weight is 216 g/mol. The van der Waals surface area contributed by atoms with Gasteiger partial charge < -0.3 is 9.15 Å². The third-order valence-electron chi connectivity index (χ3n) is 1.46. The first kappa shape index (κ1) is 11.0. The Kier molecular flexibility index (Phi) is 3.94. The van der Waals surface area contributed by atoms with E-state index < -0.39 is 0 Å². The number of rotatable bonds is 4. The van der Waals surface area contributed by atoms with Gasteiger partial charge in [0.15, 0.2) is 0 Å². The Bertz CT molecular complexity index is 311. The summed E-state index contributed by atoms with van der Waals surface area (Å²) in [7, 11) is 1.34. The molecular weight excluding hydrogens is 204 g/mol. The highest BCUT2D eigenvalue weighted by Gasteiger charge is 2.11. The van der Waals surface area contributed by atoms with Gasteiger partial charge in [0, 0.05) is 5.92 Å². The number of thioether (sulfide) groups is 1. The second kappa shape index (κ2) is 4.99. The van der Waals surface area contributed by atoms with Gasteiger partial charge in [-0.2, -0.15) is 0 Å². The van der Waals surface area contributed by atoms with Crippen LogP contribution in [0.1, 0.15) is 25.7 Å². The molecule has 1 aromatic rings. The first-order valence-corrected chi connectivity index (χ1v) is 5.15. The van der Waals surface area contributed by atoms with Crippen LogP contribution in [0.3, 0.4) is 0 Å². The Hall–Kier alpha value is -1.04. The van der Waals surface area contributed by atoms with Gasteiger partial charge in [0.25, 0.3) is 5.22 Å². The van der Waals surface area contributed by atoms with Gasteiger partial charge in [-0.05, 0) is 0 Å². The molecule has 6 heteroatoms. The van der Waals surface area contributed by atoms with Gasteiger partial charge in [-0.1, -0.05) is 25.6 Å². The number of aromatic nitrogens is 2. The molecule has 0 bridgehead atoms. The lowest BCUT2D eigenvalue weighted by molar-refractivity contribution is -0.137. The van der Waals surface area contributed by atoms with Crippen molar-refractivity contribution in [3.8, 4) is 0 Å². The third kappa shape index (κ3) is 3.02. The lowest BCUT2D eigenvalue weighted by Crippen LogP contribution is -2.02. The van der Waals surface area contributed by atoms with E-state index in [2.05, 4.69) is 14.9 Å². The molecule has 0 aliphatic rings. The summed E-state index contributed by atoms with van der Waals surface area (Å²) in [6.45, 7) is 3.92. The molecule has 14 heavy (non-hydrogen) atoms. The monoisotopic (exact) mass is 216 g/mol. The molecule has 0 fully saturated rings. The van der Waals surface area contributed by atoms with Crippen LogP contribution >= 0.6 is 11.8 Å². The molecule has 0 amide bonds. The SMILES string of the molecule is COC(=O)CSc1nnc(C(C)C)o1. The Morgan fingerprint density at radius 2 is 2.29 bits per heavy atom. The van der Waals surface area contributed by atoms with Crippen molar-refractivity contribution >= 4 is 17.7 Å². The highest BCUT2D eigenvalue weighted by Crippen LogP contribution is 2.19. The van der Waals surface area contributed by atoms with Crippen LogP contribution in [0.25, 0.3) is 0 Å². The molecule has 1 aromatic heterocycles. The van der Waals surface area contributed by atoms with E-state index in [1.807, 2.05) is 13.8 Å². The number of methoxy groups -OCH3 is 1. The summed E-state index contributed by atoms with van der Waals surface area (Å²) in [5.41, 5.74) is 0. The van der Waals surface area contributed by atoms with E-state index in [1.54, 1.807) is 0 Å². The van der Waals surface area contributed by atoms with Crippen molar-refractivity contribution in [1.29, 1.82) is 0 Å². The molecule has 0 N–H and O–H groups in total. The van der Waals surface area contributed by atoms with Gasteiger partial charge in [-0.15, -0.1) is 10.2 Å². The maximum atomic E-state index is 10.8. The van der Waals surface area contributed by atoms with Crippen LogP contribution in [0, 0.1) is 0 Å². The summed E-state index contributed by atoms with van der Waals surface area (Å²) in [5.74, 6) is 0.669. The number of ether oxygens (including phenoxy) is 1. The van der Waals surface area contributed by atoms with Crippen LogP contribution < -0.4 is 0 Å². The quantitative estimate of drug-likeness (QED) is 0.560. The molecule has 0 spiro atoms. The van der Waals surface area contributed by atoms with Crippen molar-refractivity contribution in [2.24, 2.45) is 0 Å². The average Bonchev–Trinajstić information content (AvgIpc) is 2.62. The van der Waals surface area contributed by atoms with Gasteiger partial charge in [-0.25, -0.2) is 0 Å². The van der Waals surface area contributed by atoms with E-state index in [1.165, 1.54) is 18.9 Å². The van der Waals surface area contributed by atoms with Crippen LogP contribution in [-0.4, -0.2) is 29.0 Å². The summed E-state index contributed by atoms with van der Waals surface area (Å²) in [6, 6.07) is 0. The van der Waals surface area contributed by atoms with Crippen molar-refractivity contribution in [2.45, 2.75) is 25.0 Å². The van der Waals surface area contributed by atoms with Crippen molar-refractivity contribution < 1.29 is 13.9 Å². The molecule has 5 nitrogen and oxygen atoms in total. The normalized spacial score (nSPS) is 10.6. The third-order valence-corrected chi connectivity index (χ3v) is 2.25. The topological polar surface area (TPSA) is 65.2 Å². The van der Waals surface area contributed by atoms with Crippen LogP contribution in [0.4, 0.5) is 0 Å². The van der Waals surface area contributed by atoms with E-state index in [4.69, 9.17) is 4.42 Å². The molecule has 1 heterocycles. The van der Waals surface area contributed by atoms with Gasteiger partial charge in [-0.3, -0.25) is 4.79 Å². The maximum absolute atomic E-state index is 10.8. The Labute approximate surface area is 86.2 Å². The van der Waals surface area contributed by atoms with Crippen molar-refractivity contribution in [3.05, 3.63) is 5.89 Å². The second-order valence-electron chi connectivity index (χ2n) is 2.93. The minimum atomic E-state index is -0.306. The summed E-state index contributed by atoms with van der Waals surface area (Å²) in [4.78, 5) is 10.8. The zero-order valence-electron chi connectivity index (χ0n) is 8.31. The van der Waals surface area contributed by atoms with Crippen LogP contribution in [0.15, 0.2) is 9.64 Å². The fourth-order valence-corrected chi connectivity index (χ4v) is 1.29. The minimum absolute atomic E-state index is 0.191. The van der Waals surface area contributed by atoms with Crippen LogP contribution in [-0.2, 0) is 9.53 Å². The maximum Gasteiger partial charge on any atom is 0.316 e. The van der Waals surface area contributed by atoms with Crippen molar-refractivity contribution in [2.75, 3.05) is 12.9 Å². The largest absolute Gasteiger partial charge is 0.468 e. The number of hydrogen-bond donors (Lipinski definition) is 0. The minimum Gasteiger partial charge on any atom is -0.468 e. The number of hydrogen-bond acceptors (Lipinski definition) is 6. The number of nitrogens with zero attached hydrogens (tertiary/aromatic N) is 2. The molecule has 0 aliphatic heterocycles. The molecule has 78 valence electrons. The Balaban J connectivity index is 2.48.